The molecule has 5 nitrogen and oxygen atoms in total. The monoisotopic (exact) mass is 269 g/mol. The average Bonchev–Trinajstić information content (AvgIpc) is 2.32. The SMILES string of the molecule is CC1CCCN(S(=O)(=O)Nc2ccccc2N)C1. The van der Waals surface area contributed by atoms with E-state index in [4.69, 9.17) is 5.73 Å². The van der Waals surface area contributed by atoms with Gasteiger partial charge in [0.15, 0.2) is 0 Å². The molecule has 1 aromatic carbocycles. The number of nitrogens with zero attached hydrogens (tertiary/aromatic N) is 1. The number of rotatable bonds is 3. The highest BCUT2D eigenvalue weighted by atomic mass is 32.2. The number of nitrogen functional groups attached to an aromatic ring is 1. The van der Waals surface area contributed by atoms with Gasteiger partial charge in [-0.2, -0.15) is 12.7 Å². The van der Waals surface area contributed by atoms with Crippen molar-refractivity contribution in [3.63, 3.8) is 0 Å². The van der Waals surface area contributed by atoms with Gasteiger partial charge in [-0.05, 0) is 30.9 Å². The predicted octanol–water partition coefficient (Wildman–Crippen LogP) is 1.66. The van der Waals surface area contributed by atoms with Crippen molar-refractivity contribution in [2.75, 3.05) is 23.5 Å². The molecule has 0 amide bonds. The molecule has 1 aromatic rings. The Hall–Kier alpha value is -1.27. The van der Waals surface area contributed by atoms with Crippen LogP contribution < -0.4 is 10.5 Å². The fourth-order valence-electron chi connectivity index (χ4n) is 2.16. The van der Waals surface area contributed by atoms with E-state index in [1.165, 1.54) is 4.31 Å². The largest absolute Gasteiger partial charge is 0.397 e. The number of benzene rings is 1. The molecule has 100 valence electrons. The van der Waals surface area contributed by atoms with Gasteiger partial charge in [-0.15, -0.1) is 0 Å². The van der Waals surface area contributed by atoms with Crippen LogP contribution in [0.4, 0.5) is 11.4 Å². The number of para-hydroxylation sites is 2. The molecular formula is C12H19N3O2S. The molecule has 1 aliphatic rings. The fourth-order valence-corrected chi connectivity index (χ4v) is 3.57. The number of anilines is 2. The molecule has 3 N–H and O–H groups in total. The minimum absolute atomic E-state index is 0.406. The van der Waals surface area contributed by atoms with Crippen molar-refractivity contribution in [1.82, 2.24) is 4.31 Å². The molecule has 0 aliphatic carbocycles. The average molecular weight is 269 g/mol. The van der Waals surface area contributed by atoms with Crippen molar-refractivity contribution in [1.29, 1.82) is 0 Å². The molecule has 0 saturated carbocycles. The molecular weight excluding hydrogens is 250 g/mol. The molecule has 6 heteroatoms. The summed E-state index contributed by atoms with van der Waals surface area (Å²) in [6.45, 7) is 3.22. The van der Waals surface area contributed by atoms with Crippen molar-refractivity contribution in [3.8, 4) is 0 Å². The van der Waals surface area contributed by atoms with Crippen LogP contribution in [-0.4, -0.2) is 25.8 Å². The first-order valence-electron chi connectivity index (χ1n) is 6.11. The van der Waals surface area contributed by atoms with Crippen molar-refractivity contribution < 1.29 is 8.42 Å². The number of hydrogen-bond acceptors (Lipinski definition) is 3. The Kier molecular flexibility index (Phi) is 3.77. The maximum atomic E-state index is 12.2. The molecule has 2 rings (SSSR count). The summed E-state index contributed by atoms with van der Waals surface area (Å²) in [5.74, 6) is 0.406. The second-order valence-electron chi connectivity index (χ2n) is 4.80. The van der Waals surface area contributed by atoms with E-state index in [1.54, 1.807) is 24.3 Å². The molecule has 1 heterocycles. The van der Waals surface area contributed by atoms with Crippen LogP contribution in [0.2, 0.25) is 0 Å². The summed E-state index contributed by atoms with van der Waals surface area (Å²) >= 11 is 0. The van der Waals surface area contributed by atoms with Crippen LogP contribution >= 0.6 is 0 Å². The van der Waals surface area contributed by atoms with Gasteiger partial charge in [0.2, 0.25) is 0 Å². The molecule has 1 unspecified atom stereocenters. The van der Waals surface area contributed by atoms with Crippen molar-refractivity contribution in [2.24, 2.45) is 5.92 Å². The normalized spacial score (nSPS) is 21.7. The quantitative estimate of drug-likeness (QED) is 0.819. The number of hydrogen-bond donors (Lipinski definition) is 2. The third kappa shape index (κ3) is 2.94. The third-order valence-corrected chi connectivity index (χ3v) is 4.65. The second-order valence-corrected chi connectivity index (χ2v) is 6.47. The predicted molar refractivity (Wildman–Crippen MR) is 73.4 cm³/mol. The summed E-state index contributed by atoms with van der Waals surface area (Å²) in [6.07, 6.45) is 1.99. The van der Waals surface area contributed by atoms with Gasteiger partial charge in [0.1, 0.15) is 0 Å². The molecule has 1 aliphatic heterocycles. The summed E-state index contributed by atoms with van der Waals surface area (Å²) in [4.78, 5) is 0. The van der Waals surface area contributed by atoms with Crippen LogP contribution in [-0.2, 0) is 10.2 Å². The van der Waals surface area contributed by atoms with Crippen molar-refractivity contribution >= 4 is 21.6 Å². The molecule has 0 spiro atoms. The van der Waals surface area contributed by atoms with Crippen LogP contribution in [0.1, 0.15) is 19.8 Å². The Morgan fingerprint density at radius 2 is 2.11 bits per heavy atom. The summed E-state index contributed by atoms with van der Waals surface area (Å²) in [6, 6.07) is 6.88. The van der Waals surface area contributed by atoms with Gasteiger partial charge in [0.05, 0.1) is 11.4 Å². The summed E-state index contributed by atoms with van der Waals surface area (Å²) in [5.41, 5.74) is 6.62. The van der Waals surface area contributed by atoms with Crippen LogP contribution in [0.3, 0.4) is 0 Å². The van der Waals surface area contributed by atoms with Crippen LogP contribution in [0, 0.1) is 5.92 Å². The minimum Gasteiger partial charge on any atom is -0.397 e. The van der Waals surface area contributed by atoms with E-state index in [-0.39, 0.29) is 0 Å². The Labute approximate surface area is 108 Å². The molecule has 1 fully saturated rings. The lowest BCUT2D eigenvalue weighted by Crippen LogP contribution is -2.42. The first kappa shape index (κ1) is 13.2. The van der Waals surface area contributed by atoms with E-state index in [0.29, 0.717) is 30.4 Å². The smallest absolute Gasteiger partial charge is 0.301 e. The Balaban J connectivity index is 2.14. The number of nitrogens with one attached hydrogen (secondary N) is 1. The van der Waals surface area contributed by atoms with Crippen LogP contribution in [0.15, 0.2) is 24.3 Å². The van der Waals surface area contributed by atoms with E-state index in [0.717, 1.165) is 12.8 Å². The van der Waals surface area contributed by atoms with E-state index in [1.807, 2.05) is 0 Å². The third-order valence-electron chi connectivity index (χ3n) is 3.16. The zero-order chi connectivity index (χ0) is 13.2. The molecule has 0 aromatic heterocycles. The van der Waals surface area contributed by atoms with Crippen LogP contribution in [0.5, 0.6) is 0 Å². The first-order chi connectivity index (χ1) is 8.49. The van der Waals surface area contributed by atoms with Gasteiger partial charge in [-0.25, -0.2) is 0 Å². The Morgan fingerprint density at radius 1 is 1.39 bits per heavy atom. The molecule has 1 saturated heterocycles. The Bertz CT molecular complexity index is 516. The first-order valence-corrected chi connectivity index (χ1v) is 7.55. The van der Waals surface area contributed by atoms with E-state index >= 15 is 0 Å². The number of nitrogens with two attached hydrogens (primary N) is 1. The molecule has 0 radical (unpaired) electrons. The zero-order valence-corrected chi connectivity index (χ0v) is 11.3. The highest BCUT2D eigenvalue weighted by Crippen LogP contribution is 2.23. The molecule has 0 bridgehead atoms. The van der Waals surface area contributed by atoms with Gasteiger partial charge < -0.3 is 5.73 Å². The van der Waals surface area contributed by atoms with Gasteiger partial charge in [0, 0.05) is 13.1 Å². The van der Waals surface area contributed by atoms with Gasteiger partial charge in [-0.3, -0.25) is 4.72 Å². The van der Waals surface area contributed by atoms with E-state index in [9.17, 15) is 8.42 Å². The lowest BCUT2D eigenvalue weighted by atomic mass is 10.0. The standard InChI is InChI=1S/C12H19N3O2S/c1-10-5-4-8-15(9-10)18(16,17)14-12-7-3-2-6-11(12)13/h2-3,6-7,10,14H,4-5,8-9,13H2,1H3. The van der Waals surface area contributed by atoms with Crippen LogP contribution in [0.25, 0.3) is 0 Å². The maximum Gasteiger partial charge on any atom is 0.301 e. The van der Waals surface area contributed by atoms with Gasteiger partial charge >= 0.3 is 10.2 Å². The topological polar surface area (TPSA) is 75.4 Å². The minimum atomic E-state index is -3.49. The van der Waals surface area contributed by atoms with E-state index < -0.39 is 10.2 Å². The fraction of sp³-hybridized carbons (Fsp3) is 0.500. The second kappa shape index (κ2) is 5.16. The van der Waals surface area contributed by atoms with Crippen molar-refractivity contribution in [3.05, 3.63) is 24.3 Å². The van der Waals surface area contributed by atoms with Gasteiger partial charge in [0.25, 0.3) is 0 Å². The summed E-state index contributed by atoms with van der Waals surface area (Å²) in [7, 11) is -3.49. The lowest BCUT2D eigenvalue weighted by molar-refractivity contribution is 0.282. The van der Waals surface area contributed by atoms with E-state index in [2.05, 4.69) is 11.6 Å². The molecule has 1 atom stereocenters. The Morgan fingerprint density at radius 3 is 2.78 bits per heavy atom. The summed E-state index contributed by atoms with van der Waals surface area (Å²) < 4.78 is 28.5. The number of piperidine rings is 1. The highest BCUT2D eigenvalue weighted by Gasteiger charge is 2.27. The maximum absolute atomic E-state index is 12.2. The van der Waals surface area contributed by atoms with Crippen molar-refractivity contribution in [2.45, 2.75) is 19.8 Å². The molecule has 18 heavy (non-hydrogen) atoms. The summed E-state index contributed by atoms with van der Waals surface area (Å²) in [5, 5.41) is 0. The lowest BCUT2D eigenvalue weighted by Gasteiger charge is -2.30. The van der Waals surface area contributed by atoms with Gasteiger partial charge in [-0.1, -0.05) is 19.1 Å². The zero-order valence-electron chi connectivity index (χ0n) is 10.5. The highest BCUT2D eigenvalue weighted by molar-refractivity contribution is 7.90.